The van der Waals surface area contributed by atoms with Crippen molar-refractivity contribution in [2.45, 2.75) is 18.6 Å². The first kappa shape index (κ1) is 14.3. The number of epoxide rings is 1. The van der Waals surface area contributed by atoms with E-state index < -0.39 is 18.2 Å². The van der Waals surface area contributed by atoms with E-state index in [1.54, 1.807) is 0 Å². The second kappa shape index (κ2) is 6.86. The Morgan fingerprint density at radius 3 is 2.75 bits per heavy atom. The third-order valence-electron chi connectivity index (χ3n) is 2.88. The smallest absolute Gasteiger partial charge is 0.338 e. The minimum Gasteiger partial charge on any atom is -0.459 e. The molecular formula is C15H17NO4. The Bertz CT molecular complexity index is 486. The quantitative estimate of drug-likeness (QED) is 0.455. The number of esters is 1. The molecule has 20 heavy (non-hydrogen) atoms. The van der Waals surface area contributed by atoms with E-state index in [9.17, 15) is 9.59 Å². The van der Waals surface area contributed by atoms with Crippen LogP contribution in [0.25, 0.3) is 0 Å². The number of benzene rings is 1. The van der Waals surface area contributed by atoms with E-state index in [4.69, 9.17) is 9.47 Å². The second-order valence-electron chi connectivity index (χ2n) is 4.42. The fraction of sp³-hybridized carbons (Fsp3) is 0.333. The summed E-state index contributed by atoms with van der Waals surface area (Å²) in [5, 5.41) is 2.74. The van der Waals surface area contributed by atoms with Crippen LogP contribution in [-0.2, 0) is 25.5 Å². The lowest BCUT2D eigenvalue weighted by molar-refractivity contribution is -0.144. The van der Waals surface area contributed by atoms with Crippen molar-refractivity contribution in [1.82, 2.24) is 5.32 Å². The first-order valence-electron chi connectivity index (χ1n) is 6.47. The normalized spacial score (nSPS) is 20.0. The van der Waals surface area contributed by atoms with Crippen LogP contribution in [0.2, 0.25) is 0 Å². The van der Waals surface area contributed by atoms with Gasteiger partial charge in [0.25, 0.3) is 5.91 Å². The molecule has 2 unspecified atom stereocenters. The number of nitrogens with one attached hydrogen (secondary N) is 1. The Kier molecular flexibility index (Phi) is 4.90. The van der Waals surface area contributed by atoms with Crippen molar-refractivity contribution in [3.05, 3.63) is 48.6 Å². The first-order valence-corrected chi connectivity index (χ1v) is 6.47. The predicted molar refractivity (Wildman–Crippen MR) is 73.0 cm³/mol. The SMILES string of the molecule is C=CCOC(=O)C1OC1C(=O)NCCc1ccccc1. The minimum atomic E-state index is -0.772. The van der Waals surface area contributed by atoms with E-state index in [0.29, 0.717) is 6.54 Å². The highest BCUT2D eigenvalue weighted by Crippen LogP contribution is 2.23. The topological polar surface area (TPSA) is 67.9 Å². The Hall–Kier alpha value is -2.14. The molecule has 1 heterocycles. The molecule has 1 aliphatic heterocycles. The molecule has 1 fully saturated rings. The third kappa shape index (κ3) is 3.93. The molecule has 0 spiro atoms. The number of rotatable bonds is 7. The summed E-state index contributed by atoms with van der Waals surface area (Å²) in [7, 11) is 0. The van der Waals surface area contributed by atoms with Gasteiger partial charge in [0.05, 0.1) is 0 Å². The Labute approximate surface area is 117 Å². The molecule has 1 N–H and O–H groups in total. The summed E-state index contributed by atoms with van der Waals surface area (Å²) in [6.07, 6.45) is 0.717. The van der Waals surface area contributed by atoms with Crippen molar-refractivity contribution in [2.24, 2.45) is 0 Å². The van der Waals surface area contributed by atoms with Crippen molar-refractivity contribution in [3.63, 3.8) is 0 Å². The lowest BCUT2D eigenvalue weighted by Gasteiger charge is -2.03. The maximum absolute atomic E-state index is 11.7. The largest absolute Gasteiger partial charge is 0.459 e. The number of ether oxygens (including phenoxy) is 2. The van der Waals surface area contributed by atoms with Gasteiger partial charge in [0.1, 0.15) is 6.61 Å². The van der Waals surface area contributed by atoms with Crippen LogP contribution in [0.3, 0.4) is 0 Å². The van der Waals surface area contributed by atoms with Crippen LogP contribution >= 0.6 is 0 Å². The molecule has 2 atom stereocenters. The average Bonchev–Trinajstić information content (AvgIpc) is 3.26. The zero-order valence-electron chi connectivity index (χ0n) is 11.1. The van der Waals surface area contributed by atoms with Crippen LogP contribution in [0.5, 0.6) is 0 Å². The maximum Gasteiger partial charge on any atom is 0.338 e. The molecule has 1 amide bonds. The van der Waals surface area contributed by atoms with E-state index in [0.717, 1.165) is 12.0 Å². The highest BCUT2D eigenvalue weighted by Gasteiger charge is 2.51. The molecule has 0 radical (unpaired) electrons. The van der Waals surface area contributed by atoms with Gasteiger partial charge in [0, 0.05) is 6.54 Å². The molecule has 1 aliphatic rings. The Morgan fingerprint density at radius 2 is 2.05 bits per heavy atom. The zero-order valence-corrected chi connectivity index (χ0v) is 11.1. The summed E-state index contributed by atoms with van der Waals surface area (Å²) in [4.78, 5) is 23.1. The first-order chi connectivity index (χ1) is 9.72. The van der Waals surface area contributed by atoms with E-state index in [-0.39, 0.29) is 12.5 Å². The summed E-state index contributed by atoms with van der Waals surface area (Å²) in [6.45, 7) is 4.08. The zero-order chi connectivity index (χ0) is 14.4. The summed E-state index contributed by atoms with van der Waals surface area (Å²) in [5.74, 6) is -0.797. The van der Waals surface area contributed by atoms with Crippen molar-refractivity contribution in [3.8, 4) is 0 Å². The summed E-state index contributed by atoms with van der Waals surface area (Å²) in [6, 6.07) is 9.84. The van der Waals surface area contributed by atoms with Crippen LogP contribution in [0.15, 0.2) is 43.0 Å². The van der Waals surface area contributed by atoms with Gasteiger partial charge in [-0.15, -0.1) is 0 Å². The molecule has 106 valence electrons. The highest BCUT2D eigenvalue weighted by atomic mass is 16.6. The van der Waals surface area contributed by atoms with Gasteiger partial charge in [-0.3, -0.25) is 4.79 Å². The van der Waals surface area contributed by atoms with Gasteiger partial charge in [0.15, 0.2) is 12.2 Å². The van der Waals surface area contributed by atoms with Crippen molar-refractivity contribution in [2.75, 3.05) is 13.2 Å². The predicted octanol–water partition coefficient (Wildman–Crippen LogP) is 0.842. The third-order valence-corrected chi connectivity index (χ3v) is 2.88. The van der Waals surface area contributed by atoms with E-state index in [1.165, 1.54) is 6.08 Å². The second-order valence-corrected chi connectivity index (χ2v) is 4.42. The molecule has 1 saturated heterocycles. The van der Waals surface area contributed by atoms with Gasteiger partial charge in [-0.05, 0) is 12.0 Å². The number of amides is 1. The molecule has 5 nitrogen and oxygen atoms in total. The molecular weight excluding hydrogens is 258 g/mol. The van der Waals surface area contributed by atoms with Crippen LogP contribution in [0, 0.1) is 0 Å². The Balaban J connectivity index is 1.67. The lowest BCUT2D eigenvalue weighted by atomic mass is 10.1. The molecule has 1 aromatic carbocycles. The fourth-order valence-electron chi connectivity index (χ4n) is 1.79. The number of carbonyl (C=O) groups excluding carboxylic acids is 2. The van der Waals surface area contributed by atoms with Gasteiger partial charge >= 0.3 is 5.97 Å². The van der Waals surface area contributed by atoms with Gasteiger partial charge in [-0.1, -0.05) is 43.0 Å². The van der Waals surface area contributed by atoms with Gasteiger partial charge in [0.2, 0.25) is 0 Å². The standard InChI is InChI=1S/C15H17NO4/c1-2-10-19-15(18)13-12(20-13)14(17)16-9-8-11-6-4-3-5-7-11/h2-7,12-13H,1,8-10H2,(H,16,17). The Morgan fingerprint density at radius 1 is 1.30 bits per heavy atom. The minimum absolute atomic E-state index is 0.126. The number of hydrogen-bond donors (Lipinski definition) is 1. The highest BCUT2D eigenvalue weighted by molar-refractivity contribution is 5.92. The lowest BCUT2D eigenvalue weighted by Crippen LogP contribution is -2.32. The van der Waals surface area contributed by atoms with Gasteiger partial charge < -0.3 is 14.8 Å². The van der Waals surface area contributed by atoms with Crippen molar-refractivity contribution in [1.29, 1.82) is 0 Å². The van der Waals surface area contributed by atoms with Gasteiger partial charge in [-0.25, -0.2) is 4.79 Å². The van der Waals surface area contributed by atoms with Crippen LogP contribution in [0.1, 0.15) is 5.56 Å². The molecule has 2 rings (SSSR count). The van der Waals surface area contributed by atoms with Crippen LogP contribution in [0.4, 0.5) is 0 Å². The average molecular weight is 275 g/mol. The van der Waals surface area contributed by atoms with Crippen molar-refractivity contribution < 1.29 is 19.1 Å². The summed E-state index contributed by atoms with van der Waals surface area (Å²) in [5.41, 5.74) is 1.14. The van der Waals surface area contributed by atoms with Gasteiger partial charge in [-0.2, -0.15) is 0 Å². The summed E-state index contributed by atoms with van der Waals surface area (Å²) >= 11 is 0. The molecule has 5 heteroatoms. The molecule has 0 saturated carbocycles. The van der Waals surface area contributed by atoms with Crippen molar-refractivity contribution >= 4 is 11.9 Å². The number of carbonyl (C=O) groups is 2. The van der Waals surface area contributed by atoms with E-state index in [1.807, 2.05) is 30.3 Å². The van der Waals surface area contributed by atoms with Crippen LogP contribution in [-0.4, -0.2) is 37.2 Å². The maximum atomic E-state index is 11.7. The van der Waals surface area contributed by atoms with E-state index in [2.05, 4.69) is 11.9 Å². The monoisotopic (exact) mass is 275 g/mol. The summed E-state index contributed by atoms with van der Waals surface area (Å²) < 4.78 is 9.83. The molecule has 0 bridgehead atoms. The fourth-order valence-corrected chi connectivity index (χ4v) is 1.79. The van der Waals surface area contributed by atoms with E-state index >= 15 is 0 Å². The van der Waals surface area contributed by atoms with Crippen LogP contribution < -0.4 is 5.32 Å². The number of hydrogen-bond acceptors (Lipinski definition) is 4. The molecule has 0 aliphatic carbocycles. The molecule has 1 aromatic rings. The molecule has 0 aromatic heterocycles.